The van der Waals surface area contributed by atoms with Crippen molar-refractivity contribution < 1.29 is 19.5 Å². The van der Waals surface area contributed by atoms with Gasteiger partial charge in [0.1, 0.15) is 0 Å². The van der Waals surface area contributed by atoms with Crippen LogP contribution in [0.4, 0.5) is 0 Å². The molecule has 0 aliphatic heterocycles. The van der Waals surface area contributed by atoms with E-state index in [1.54, 1.807) is 12.1 Å². The molecular weight excluding hydrogens is 274 g/mol. The Morgan fingerprint density at radius 2 is 2.29 bits per heavy atom. The van der Waals surface area contributed by atoms with Crippen molar-refractivity contribution in [2.75, 3.05) is 6.61 Å². The van der Waals surface area contributed by atoms with Gasteiger partial charge in [0.2, 0.25) is 0 Å². The second-order valence-corrected chi connectivity index (χ2v) is 4.68. The molecule has 2 N–H and O–H groups in total. The first kappa shape index (κ1) is 11.2. The van der Waals surface area contributed by atoms with Gasteiger partial charge in [0, 0.05) is 0 Å². The average Bonchev–Trinajstić information content (AvgIpc) is 2.51. The van der Waals surface area contributed by atoms with Crippen molar-refractivity contribution in [1.29, 1.82) is 0 Å². The molecule has 0 unspecified atom stereocenters. The largest absolute Gasteiger partial charge is 0.479 e. The van der Waals surface area contributed by atoms with E-state index < -0.39 is 18.5 Å². The minimum absolute atomic E-state index is 0.447. The van der Waals surface area contributed by atoms with Gasteiger partial charge in [-0.1, -0.05) is 0 Å². The normalized spacial score (nSPS) is 9.79. The number of carbonyl (C=O) groups is 2. The summed E-state index contributed by atoms with van der Waals surface area (Å²) < 4.78 is 0.820. The summed E-state index contributed by atoms with van der Waals surface area (Å²) in [6.07, 6.45) is 0. The Morgan fingerprint density at radius 3 is 2.79 bits per heavy atom. The van der Waals surface area contributed by atoms with E-state index in [1.807, 2.05) is 5.48 Å². The van der Waals surface area contributed by atoms with Crippen molar-refractivity contribution in [3.8, 4) is 0 Å². The molecule has 5 nitrogen and oxygen atoms in total. The number of aliphatic carboxylic acids is 1. The van der Waals surface area contributed by atoms with Crippen LogP contribution in [0.1, 0.15) is 9.67 Å². The van der Waals surface area contributed by atoms with E-state index in [0.29, 0.717) is 4.88 Å². The molecule has 0 fully saturated rings. The maximum Gasteiger partial charge on any atom is 0.332 e. The number of carbonyl (C=O) groups excluding carboxylic acids is 1. The van der Waals surface area contributed by atoms with Crippen LogP contribution < -0.4 is 5.48 Å². The molecule has 1 heterocycles. The molecule has 1 aromatic rings. The molecule has 1 amide bonds. The number of carboxylic acid groups (broad SMARTS) is 1. The lowest BCUT2D eigenvalue weighted by molar-refractivity contribution is -0.144. The third kappa shape index (κ3) is 3.44. The number of nitrogens with one attached hydrogen (secondary N) is 1. The third-order valence-corrected chi connectivity index (χ3v) is 2.78. The number of hydrogen-bond acceptors (Lipinski definition) is 4. The lowest BCUT2D eigenvalue weighted by atomic mass is 10.5. The van der Waals surface area contributed by atoms with Gasteiger partial charge in [-0.25, -0.2) is 10.3 Å². The fourth-order valence-corrected chi connectivity index (χ4v) is 1.92. The maximum atomic E-state index is 11.2. The number of hydrogen-bond donors (Lipinski definition) is 2. The second kappa shape index (κ2) is 5.08. The van der Waals surface area contributed by atoms with Gasteiger partial charge < -0.3 is 5.11 Å². The standard InChI is InChI=1S/C7H6BrNO4S/c8-5-2-1-4(14-5)7(12)9-13-3-6(10)11/h1-2H,3H2,(H,9,12)(H,10,11). The topological polar surface area (TPSA) is 75.6 Å². The summed E-state index contributed by atoms with van der Waals surface area (Å²) in [7, 11) is 0. The predicted molar refractivity (Wildman–Crippen MR) is 53.1 cm³/mol. The summed E-state index contributed by atoms with van der Waals surface area (Å²) in [6.45, 7) is -0.557. The molecule has 7 heteroatoms. The van der Waals surface area contributed by atoms with E-state index in [4.69, 9.17) is 5.11 Å². The van der Waals surface area contributed by atoms with E-state index in [2.05, 4.69) is 20.8 Å². The van der Waals surface area contributed by atoms with Gasteiger partial charge >= 0.3 is 5.97 Å². The monoisotopic (exact) mass is 279 g/mol. The Labute approximate surface area is 91.8 Å². The number of hydroxylamine groups is 1. The fourth-order valence-electron chi connectivity index (χ4n) is 0.650. The van der Waals surface area contributed by atoms with Crippen molar-refractivity contribution in [2.24, 2.45) is 0 Å². The Balaban J connectivity index is 2.39. The molecular formula is C7H6BrNO4S. The molecule has 14 heavy (non-hydrogen) atoms. The van der Waals surface area contributed by atoms with E-state index in [1.165, 1.54) is 11.3 Å². The van der Waals surface area contributed by atoms with Gasteiger partial charge in [-0.05, 0) is 28.1 Å². The average molecular weight is 280 g/mol. The van der Waals surface area contributed by atoms with E-state index in [-0.39, 0.29) is 0 Å². The highest BCUT2D eigenvalue weighted by atomic mass is 79.9. The molecule has 76 valence electrons. The molecule has 0 aliphatic carbocycles. The Bertz CT molecular complexity index is 351. The Morgan fingerprint density at radius 1 is 1.57 bits per heavy atom. The molecule has 0 aromatic carbocycles. The highest BCUT2D eigenvalue weighted by Crippen LogP contribution is 2.21. The number of halogens is 1. The van der Waals surface area contributed by atoms with Gasteiger partial charge in [0.05, 0.1) is 8.66 Å². The Kier molecular flexibility index (Phi) is 4.05. The van der Waals surface area contributed by atoms with Gasteiger partial charge in [0.15, 0.2) is 6.61 Å². The number of thiophene rings is 1. The van der Waals surface area contributed by atoms with E-state index in [0.717, 1.165) is 3.79 Å². The van der Waals surface area contributed by atoms with Crippen LogP contribution in [-0.4, -0.2) is 23.6 Å². The number of carboxylic acids is 1. The molecule has 1 rings (SSSR count). The third-order valence-electron chi connectivity index (χ3n) is 1.16. The molecule has 0 radical (unpaired) electrons. The summed E-state index contributed by atoms with van der Waals surface area (Å²) in [5.74, 6) is -1.60. The van der Waals surface area contributed by atoms with Crippen molar-refractivity contribution in [3.63, 3.8) is 0 Å². The SMILES string of the molecule is O=C(O)CONC(=O)c1ccc(Br)s1. The summed E-state index contributed by atoms with van der Waals surface area (Å²) in [5.41, 5.74) is 2.01. The maximum absolute atomic E-state index is 11.2. The van der Waals surface area contributed by atoms with Crippen LogP contribution >= 0.6 is 27.3 Å². The van der Waals surface area contributed by atoms with Crippen molar-refractivity contribution in [1.82, 2.24) is 5.48 Å². The summed E-state index contributed by atoms with van der Waals surface area (Å²) in [4.78, 5) is 26.1. The summed E-state index contributed by atoms with van der Waals surface area (Å²) in [5, 5.41) is 8.22. The molecule has 0 spiro atoms. The van der Waals surface area contributed by atoms with E-state index >= 15 is 0 Å². The number of amides is 1. The molecule has 1 aromatic heterocycles. The first-order valence-electron chi connectivity index (χ1n) is 3.49. The fraction of sp³-hybridized carbons (Fsp3) is 0.143. The second-order valence-electron chi connectivity index (χ2n) is 2.22. The summed E-state index contributed by atoms with van der Waals surface area (Å²) in [6, 6.07) is 3.32. The van der Waals surface area contributed by atoms with Crippen molar-refractivity contribution in [3.05, 3.63) is 20.8 Å². The van der Waals surface area contributed by atoms with Gasteiger partial charge in [-0.3, -0.25) is 9.63 Å². The highest BCUT2D eigenvalue weighted by molar-refractivity contribution is 9.11. The smallest absolute Gasteiger partial charge is 0.332 e. The molecule has 0 bridgehead atoms. The Hall–Kier alpha value is -0.920. The predicted octanol–water partition coefficient (Wildman–Crippen LogP) is 1.26. The molecule has 0 saturated heterocycles. The van der Waals surface area contributed by atoms with Crippen molar-refractivity contribution in [2.45, 2.75) is 0 Å². The van der Waals surface area contributed by atoms with Gasteiger partial charge in [-0.15, -0.1) is 11.3 Å². The first-order valence-corrected chi connectivity index (χ1v) is 5.10. The van der Waals surface area contributed by atoms with Gasteiger partial charge in [-0.2, -0.15) is 0 Å². The number of rotatable bonds is 4. The van der Waals surface area contributed by atoms with Crippen LogP contribution in [0, 0.1) is 0 Å². The van der Waals surface area contributed by atoms with Crippen molar-refractivity contribution >= 4 is 39.1 Å². The lowest BCUT2D eigenvalue weighted by Gasteiger charge is -2.00. The highest BCUT2D eigenvalue weighted by Gasteiger charge is 2.08. The van der Waals surface area contributed by atoms with Crippen LogP contribution in [0.15, 0.2) is 15.9 Å². The van der Waals surface area contributed by atoms with Crippen LogP contribution in [0.25, 0.3) is 0 Å². The van der Waals surface area contributed by atoms with Gasteiger partial charge in [0.25, 0.3) is 5.91 Å². The van der Waals surface area contributed by atoms with Crippen LogP contribution in [0.2, 0.25) is 0 Å². The van der Waals surface area contributed by atoms with Crippen LogP contribution in [0.3, 0.4) is 0 Å². The first-order chi connectivity index (χ1) is 6.59. The lowest BCUT2D eigenvalue weighted by Crippen LogP contribution is -2.25. The molecule has 0 saturated carbocycles. The summed E-state index contributed by atoms with van der Waals surface area (Å²) >= 11 is 4.43. The minimum Gasteiger partial charge on any atom is -0.479 e. The zero-order valence-electron chi connectivity index (χ0n) is 6.82. The zero-order valence-corrected chi connectivity index (χ0v) is 9.22. The van der Waals surface area contributed by atoms with E-state index in [9.17, 15) is 9.59 Å². The minimum atomic E-state index is -1.14. The van der Waals surface area contributed by atoms with Crippen LogP contribution in [0.5, 0.6) is 0 Å². The zero-order chi connectivity index (χ0) is 10.6. The quantitative estimate of drug-likeness (QED) is 0.814. The van der Waals surface area contributed by atoms with Crippen LogP contribution in [-0.2, 0) is 9.63 Å². The molecule has 0 aliphatic rings. The molecule has 0 atom stereocenters.